The molecule has 1 atom stereocenters. The van der Waals surface area contributed by atoms with E-state index in [1.807, 2.05) is 11.9 Å². The van der Waals surface area contributed by atoms with Crippen LogP contribution in [0.5, 0.6) is 0 Å². The second-order valence-electron chi connectivity index (χ2n) is 6.98. The molecule has 2 heterocycles. The molecular weight excluding hydrogens is 342 g/mol. The Kier molecular flexibility index (Phi) is 5.04. The number of nitrogens with zero attached hydrogens (tertiary/aromatic N) is 3. The van der Waals surface area contributed by atoms with Crippen molar-refractivity contribution in [2.24, 2.45) is 0 Å². The molecule has 26 heavy (non-hydrogen) atoms. The summed E-state index contributed by atoms with van der Waals surface area (Å²) in [5, 5.41) is 9.13. The van der Waals surface area contributed by atoms with Crippen LogP contribution in [0.1, 0.15) is 18.9 Å². The van der Waals surface area contributed by atoms with Gasteiger partial charge in [0.15, 0.2) is 5.82 Å². The summed E-state index contributed by atoms with van der Waals surface area (Å²) < 4.78 is 29.7. The van der Waals surface area contributed by atoms with E-state index < -0.39 is 17.7 Å². The van der Waals surface area contributed by atoms with E-state index in [0.717, 1.165) is 11.4 Å². The van der Waals surface area contributed by atoms with Crippen molar-refractivity contribution in [1.29, 1.82) is 0 Å². The number of nitrogens with two attached hydrogens (primary N) is 1. The molecule has 0 spiro atoms. The third-order valence-electron chi connectivity index (χ3n) is 5.28. The molecule has 0 radical (unpaired) electrons. The SMILES string of the molecule is CC1CN(c2cc(F)c(C3=CCCN(C(=O)O)C3)c(F)c2N)CCN1C. The van der Waals surface area contributed by atoms with Crippen LogP contribution in [0.15, 0.2) is 12.1 Å². The minimum Gasteiger partial charge on any atom is -0.465 e. The first-order chi connectivity index (χ1) is 12.3. The fourth-order valence-corrected chi connectivity index (χ4v) is 3.53. The van der Waals surface area contributed by atoms with Gasteiger partial charge in [-0.2, -0.15) is 0 Å². The largest absolute Gasteiger partial charge is 0.465 e. The molecule has 6 nitrogen and oxygen atoms in total. The molecule has 0 aliphatic carbocycles. The molecule has 1 unspecified atom stereocenters. The van der Waals surface area contributed by atoms with Crippen LogP contribution in [-0.2, 0) is 0 Å². The Morgan fingerprint density at radius 3 is 2.69 bits per heavy atom. The molecule has 2 aliphatic heterocycles. The van der Waals surface area contributed by atoms with Crippen molar-refractivity contribution < 1.29 is 18.7 Å². The number of likely N-dealkylation sites (N-methyl/N-ethyl adjacent to an activating group) is 1. The zero-order valence-electron chi connectivity index (χ0n) is 15.0. The van der Waals surface area contributed by atoms with Crippen LogP contribution in [0.3, 0.4) is 0 Å². The quantitative estimate of drug-likeness (QED) is 0.787. The number of amides is 1. The van der Waals surface area contributed by atoms with Crippen molar-refractivity contribution in [3.63, 3.8) is 0 Å². The van der Waals surface area contributed by atoms with Crippen molar-refractivity contribution in [1.82, 2.24) is 9.80 Å². The van der Waals surface area contributed by atoms with Crippen LogP contribution < -0.4 is 10.6 Å². The number of nitrogen functional groups attached to an aromatic ring is 1. The Balaban J connectivity index is 1.94. The highest BCUT2D eigenvalue weighted by Crippen LogP contribution is 2.36. The molecule has 2 aliphatic rings. The van der Waals surface area contributed by atoms with E-state index in [9.17, 15) is 13.6 Å². The summed E-state index contributed by atoms with van der Waals surface area (Å²) >= 11 is 0. The molecule has 0 aromatic heterocycles. The summed E-state index contributed by atoms with van der Waals surface area (Å²) in [5.74, 6) is -1.53. The van der Waals surface area contributed by atoms with Crippen LogP contribution in [-0.4, -0.2) is 66.8 Å². The Morgan fingerprint density at radius 2 is 2.04 bits per heavy atom. The van der Waals surface area contributed by atoms with Gasteiger partial charge in [-0.1, -0.05) is 6.08 Å². The highest BCUT2D eigenvalue weighted by Gasteiger charge is 2.28. The number of anilines is 2. The molecule has 1 fully saturated rings. The van der Waals surface area contributed by atoms with E-state index >= 15 is 0 Å². The Bertz CT molecular complexity index is 753. The van der Waals surface area contributed by atoms with Crippen LogP contribution in [0.4, 0.5) is 25.0 Å². The summed E-state index contributed by atoms with van der Waals surface area (Å²) in [4.78, 5) is 16.4. The zero-order valence-corrected chi connectivity index (χ0v) is 15.0. The van der Waals surface area contributed by atoms with Crippen molar-refractivity contribution in [3.05, 3.63) is 29.3 Å². The summed E-state index contributed by atoms with van der Waals surface area (Å²) in [7, 11) is 2.01. The second-order valence-corrected chi connectivity index (χ2v) is 6.98. The number of halogens is 2. The minimum atomic E-state index is -1.10. The van der Waals surface area contributed by atoms with Gasteiger partial charge in [-0.05, 0) is 26.0 Å². The summed E-state index contributed by atoms with van der Waals surface area (Å²) in [6.45, 7) is 4.37. The summed E-state index contributed by atoms with van der Waals surface area (Å²) in [6, 6.07) is 1.52. The zero-order chi connectivity index (χ0) is 19.0. The van der Waals surface area contributed by atoms with E-state index in [4.69, 9.17) is 10.8 Å². The lowest BCUT2D eigenvalue weighted by Crippen LogP contribution is -2.50. The Morgan fingerprint density at radius 1 is 1.31 bits per heavy atom. The summed E-state index contributed by atoms with van der Waals surface area (Å²) in [5.41, 5.74) is 6.37. The maximum Gasteiger partial charge on any atom is 0.407 e. The number of rotatable bonds is 2. The molecule has 1 amide bonds. The first-order valence-corrected chi connectivity index (χ1v) is 8.69. The first-order valence-electron chi connectivity index (χ1n) is 8.69. The lowest BCUT2D eigenvalue weighted by atomic mass is 9.98. The van der Waals surface area contributed by atoms with Crippen LogP contribution in [0.25, 0.3) is 5.57 Å². The number of carbonyl (C=O) groups is 1. The monoisotopic (exact) mass is 366 g/mol. The first kappa shape index (κ1) is 18.4. The molecule has 142 valence electrons. The van der Waals surface area contributed by atoms with Crippen molar-refractivity contribution in [2.45, 2.75) is 19.4 Å². The molecular formula is C18H24F2N4O2. The molecule has 1 aromatic carbocycles. The lowest BCUT2D eigenvalue weighted by Gasteiger charge is -2.39. The number of piperazine rings is 1. The molecule has 0 saturated carbocycles. The standard InChI is InChI=1S/C18H24F2N4O2/c1-11-9-23(7-6-22(11)2)14-8-13(19)15(16(20)17(14)21)12-4-3-5-24(10-12)18(25)26/h4,8,11H,3,5-7,9-10,21H2,1-2H3,(H,25,26). The number of benzene rings is 1. The minimum absolute atomic E-state index is 0.0481. The molecule has 3 rings (SSSR count). The normalized spacial score (nSPS) is 21.7. The number of carboxylic acid groups (broad SMARTS) is 1. The van der Waals surface area contributed by atoms with Gasteiger partial charge in [-0.25, -0.2) is 13.6 Å². The third kappa shape index (κ3) is 3.33. The van der Waals surface area contributed by atoms with Gasteiger partial charge in [0, 0.05) is 44.8 Å². The predicted octanol–water partition coefficient (Wildman–Crippen LogP) is 2.45. The maximum atomic E-state index is 15.0. The topological polar surface area (TPSA) is 73.0 Å². The fourth-order valence-electron chi connectivity index (χ4n) is 3.53. The van der Waals surface area contributed by atoms with Crippen LogP contribution in [0, 0.1) is 11.6 Å². The molecule has 3 N–H and O–H groups in total. The highest BCUT2D eigenvalue weighted by atomic mass is 19.1. The number of hydrogen-bond acceptors (Lipinski definition) is 4. The van der Waals surface area contributed by atoms with E-state index in [0.29, 0.717) is 37.3 Å². The van der Waals surface area contributed by atoms with Crippen molar-refractivity contribution >= 4 is 23.0 Å². The maximum absolute atomic E-state index is 15.0. The van der Waals surface area contributed by atoms with Gasteiger partial charge in [-0.15, -0.1) is 0 Å². The molecule has 0 bridgehead atoms. The van der Waals surface area contributed by atoms with Gasteiger partial charge >= 0.3 is 6.09 Å². The van der Waals surface area contributed by atoms with E-state index in [-0.39, 0.29) is 23.8 Å². The average Bonchev–Trinajstić information content (AvgIpc) is 2.61. The molecule has 1 saturated heterocycles. The number of hydrogen-bond donors (Lipinski definition) is 2. The van der Waals surface area contributed by atoms with Crippen LogP contribution >= 0.6 is 0 Å². The Labute approximate surface area is 151 Å². The van der Waals surface area contributed by atoms with Gasteiger partial charge in [0.05, 0.1) is 16.9 Å². The van der Waals surface area contributed by atoms with Gasteiger partial charge in [0.1, 0.15) is 5.82 Å². The highest BCUT2D eigenvalue weighted by molar-refractivity contribution is 5.80. The van der Waals surface area contributed by atoms with Gasteiger partial charge in [0.2, 0.25) is 0 Å². The van der Waals surface area contributed by atoms with Crippen molar-refractivity contribution in [2.75, 3.05) is 50.4 Å². The van der Waals surface area contributed by atoms with Gasteiger partial charge in [-0.3, -0.25) is 0 Å². The summed E-state index contributed by atoms with van der Waals surface area (Å²) in [6.07, 6.45) is 0.989. The van der Waals surface area contributed by atoms with Crippen LogP contribution in [0.2, 0.25) is 0 Å². The van der Waals surface area contributed by atoms with E-state index in [1.165, 1.54) is 6.07 Å². The average molecular weight is 366 g/mol. The van der Waals surface area contributed by atoms with Gasteiger partial charge in [0.25, 0.3) is 0 Å². The predicted molar refractivity (Wildman–Crippen MR) is 97.3 cm³/mol. The molecule has 8 heteroatoms. The Hall–Kier alpha value is -2.35. The smallest absolute Gasteiger partial charge is 0.407 e. The lowest BCUT2D eigenvalue weighted by molar-refractivity contribution is 0.150. The molecule has 1 aromatic rings. The van der Waals surface area contributed by atoms with E-state index in [1.54, 1.807) is 6.08 Å². The second kappa shape index (κ2) is 7.11. The third-order valence-corrected chi connectivity index (χ3v) is 5.28. The van der Waals surface area contributed by atoms with Gasteiger partial charge < -0.3 is 25.5 Å². The fraction of sp³-hybridized carbons (Fsp3) is 0.500. The van der Waals surface area contributed by atoms with Crippen molar-refractivity contribution in [3.8, 4) is 0 Å². The van der Waals surface area contributed by atoms with E-state index in [2.05, 4.69) is 11.8 Å².